The molecule has 1 aromatic rings. The Morgan fingerprint density at radius 3 is 2.07 bits per heavy atom. The van der Waals surface area contributed by atoms with Crippen LogP contribution in [0.1, 0.15) is 42.5 Å². The molecule has 0 aliphatic heterocycles. The molecule has 0 atom stereocenters. The third kappa shape index (κ3) is 2.95. The lowest BCUT2D eigenvalue weighted by molar-refractivity contribution is 0.978. The number of benzene rings is 1. The zero-order valence-corrected chi connectivity index (χ0v) is 10.6. The summed E-state index contributed by atoms with van der Waals surface area (Å²) in [6.07, 6.45) is 4.52. The van der Waals surface area contributed by atoms with E-state index >= 15 is 0 Å². The number of rotatable bonds is 3. The predicted octanol–water partition coefficient (Wildman–Crippen LogP) is 4.51. The van der Waals surface area contributed by atoms with Gasteiger partial charge in [0.1, 0.15) is 0 Å². The highest BCUT2D eigenvalue weighted by Crippen LogP contribution is 2.20. The predicted molar refractivity (Wildman–Crippen MR) is 68.4 cm³/mol. The lowest BCUT2D eigenvalue weighted by Crippen LogP contribution is -1.97. The smallest absolute Gasteiger partial charge is 0.00621 e. The maximum atomic E-state index is 2.28. The van der Waals surface area contributed by atoms with E-state index in [1.54, 1.807) is 0 Å². The van der Waals surface area contributed by atoms with Crippen molar-refractivity contribution in [2.75, 3.05) is 0 Å². The summed E-state index contributed by atoms with van der Waals surface area (Å²) in [7, 11) is 0. The SMILES string of the molecule is C/C=C(/CC)Cc1c(C)cc(C)cc1C. The summed E-state index contributed by atoms with van der Waals surface area (Å²) in [5, 5.41) is 0. The molecular formula is C15H22. The van der Waals surface area contributed by atoms with Crippen LogP contribution >= 0.6 is 0 Å². The van der Waals surface area contributed by atoms with Gasteiger partial charge in [-0.15, -0.1) is 0 Å². The molecule has 0 heteroatoms. The lowest BCUT2D eigenvalue weighted by Gasteiger charge is -2.12. The van der Waals surface area contributed by atoms with Crippen LogP contribution in [0.15, 0.2) is 23.8 Å². The zero-order chi connectivity index (χ0) is 11.4. The Bertz CT molecular complexity index is 347. The summed E-state index contributed by atoms with van der Waals surface area (Å²) in [5.41, 5.74) is 7.27. The minimum Gasteiger partial charge on any atom is -0.0881 e. The van der Waals surface area contributed by atoms with Crippen molar-refractivity contribution in [1.82, 2.24) is 0 Å². The van der Waals surface area contributed by atoms with Crippen LogP contribution in [0.2, 0.25) is 0 Å². The number of aryl methyl sites for hydroxylation is 3. The largest absolute Gasteiger partial charge is 0.0881 e. The van der Waals surface area contributed by atoms with Crippen molar-refractivity contribution in [2.24, 2.45) is 0 Å². The second-order valence-electron chi connectivity index (χ2n) is 4.35. The van der Waals surface area contributed by atoms with Gasteiger partial charge in [0.25, 0.3) is 0 Å². The fraction of sp³-hybridized carbons (Fsp3) is 0.467. The fourth-order valence-electron chi connectivity index (χ4n) is 2.15. The minimum absolute atomic E-state index is 1.12. The molecule has 0 bridgehead atoms. The Balaban J connectivity index is 3.05. The molecule has 1 rings (SSSR count). The van der Waals surface area contributed by atoms with Gasteiger partial charge >= 0.3 is 0 Å². The first-order chi connectivity index (χ1) is 7.08. The standard InChI is InChI=1S/C15H22/c1-6-14(7-2)10-15-12(4)8-11(3)9-13(15)5/h6,8-9H,7,10H2,1-5H3/b14-6-. The minimum atomic E-state index is 1.12. The van der Waals surface area contributed by atoms with Gasteiger partial charge < -0.3 is 0 Å². The molecule has 0 heterocycles. The highest BCUT2D eigenvalue weighted by molar-refractivity contribution is 5.39. The highest BCUT2D eigenvalue weighted by Gasteiger charge is 2.05. The Morgan fingerprint density at radius 1 is 1.13 bits per heavy atom. The molecule has 0 spiro atoms. The van der Waals surface area contributed by atoms with Crippen LogP contribution < -0.4 is 0 Å². The van der Waals surface area contributed by atoms with Crippen molar-refractivity contribution in [1.29, 1.82) is 0 Å². The fourth-order valence-corrected chi connectivity index (χ4v) is 2.15. The zero-order valence-electron chi connectivity index (χ0n) is 10.6. The Hall–Kier alpha value is -1.04. The molecule has 0 saturated carbocycles. The second-order valence-corrected chi connectivity index (χ2v) is 4.35. The van der Waals surface area contributed by atoms with Crippen LogP contribution in [0.3, 0.4) is 0 Å². The van der Waals surface area contributed by atoms with Gasteiger partial charge in [-0.1, -0.05) is 36.3 Å². The van der Waals surface area contributed by atoms with E-state index in [-0.39, 0.29) is 0 Å². The summed E-state index contributed by atoms with van der Waals surface area (Å²) in [6, 6.07) is 4.57. The maximum absolute atomic E-state index is 2.28. The maximum Gasteiger partial charge on any atom is -0.00621 e. The van der Waals surface area contributed by atoms with Gasteiger partial charge in [-0.3, -0.25) is 0 Å². The molecule has 82 valence electrons. The third-order valence-electron chi connectivity index (χ3n) is 3.11. The van der Waals surface area contributed by atoms with Crippen molar-refractivity contribution in [3.05, 3.63) is 46.0 Å². The number of allylic oxidation sites excluding steroid dienone is 2. The van der Waals surface area contributed by atoms with Gasteiger partial charge in [0, 0.05) is 0 Å². The molecule has 0 fully saturated rings. The van der Waals surface area contributed by atoms with E-state index in [1.807, 2.05) is 0 Å². The Labute approximate surface area is 94.0 Å². The van der Waals surface area contributed by atoms with Crippen molar-refractivity contribution in [3.63, 3.8) is 0 Å². The normalized spacial score (nSPS) is 11.9. The van der Waals surface area contributed by atoms with Crippen molar-refractivity contribution in [3.8, 4) is 0 Å². The monoisotopic (exact) mass is 202 g/mol. The molecule has 0 aliphatic carbocycles. The molecule has 0 aromatic heterocycles. The molecule has 0 saturated heterocycles. The molecule has 0 aliphatic rings. The van der Waals surface area contributed by atoms with Crippen molar-refractivity contribution >= 4 is 0 Å². The van der Waals surface area contributed by atoms with Gasteiger partial charge in [0.05, 0.1) is 0 Å². The topological polar surface area (TPSA) is 0 Å². The molecule has 0 amide bonds. The van der Waals surface area contributed by atoms with Crippen molar-refractivity contribution < 1.29 is 0 Å². The summed E-state index contributed by atoms with van der Waals surface area (Å²) in [5.74, 6) is 0. The lowest BCUT2D eigenvalue weighted by atomic mass is 9.93. The van der Waals surface area contributed by atoms with E-state index in [0.29, 0.717) is 0 Å². The van der Waals surface area contributed by atoms with E-state index < -0.39 is 0 Å². The first-order valence-electron chi connectivity index (χ1n) is 5.79. The molecule has 0 nitrogen and oxygen atoms in total. The van der Waals surface area contributed by atoms with E-state index in [9.17, 15) is 0 Å². The summed E-state index contributed by atoms with van der Waals surface area (Å²) < 4.78 is 0. The second kappa shape index (κ2) is 5.16. The average Bonchev–Trinajstić information content (AvgIpc) is 2.17. The number of hydrogen-bond acceptors (Lipinski definition) is 0. The molecule has 0 N–H and O–H groups in total. The quantitative estimate of drug-likeness (QED) is 0.633. The molecular weight excluding hydrogens is 180 g/mol. The van der Waals surface area contributed by atoms with Gasteiger partial charge in [0.2, 0.25) is 0 Å². The number of hydrogen-bond donors (Lipinski definition) is 0. The third-order valence-corrected chi connectivity index (χ3v) is 3.11. The van der Waals surface area contributed by atoms with E-state index in [2.05, 4.69) is 52.8 Å². The van der Waals surface area contributed by atoms with Gasteiger partial charge in [0.15, 0.2) is 0 Å². The van der Waals surface area contributed by atoms with Crippen molar-refractivity contribution in [2.45, 2.75) is 47.5 Å². The van der Waals surface area contributed by atoms with Crippen LogP contribution in [0.5, 0.6) is 0 Å². The van der Waals surface area contributed by atoms with Gasteiger partial charge in [-0.05, 0) is 57.2 Å². The molecule has 0 unspecified atom stereocenters. The van der Waals surface area contributed by atoms with Gasteiger partial charge in [-0.25, -0.2) is 0 Å². The first kappa shape index (κ1) is 12.0. The van der Waals surface area contributed by atoms with Crippen LogP contribution in [-0.4, -0.2) is 0 Å². The summed E-state index contributed by atoms with van der Waals surface area (Å²) in [6.45, 7) is 11.0. The summed E-state index contributed by atoms with van der Waals surface area (Å²) >= 11 is 0. The van der Waals surface area contributed by atoms with Gasteiger partial charge in [-0.2, -0.15) is 0 Å². The average molecular weight is 202 g/mol. The molecule has 1 aromatic carbocycles. The van der Waals surface area contributed by atoms with Crippen LogP contribution in [0.4, 0.5) is 0 Å². The molecule has 15 heavy (non-hydrogen) atoms. The Morgan fingerprint density at radius 2 is 1.67 bits per heavy atom. The van der Waals surface area contributed by atoms with Crippen LogP contribution in [-0.2, 0) is 6.42 Å². The van der Waals surface area contributed by atoms with E-state index in [1.165, 1.54) is 27.8 Å². The Kier molecular flexibility index (Phi) is 4.14. The van der Waals surface area contributed by atoms with E-state index in [4.69, 9.17) is 0 Å². The highest BCUT2D eigenvalue weighted by atomic mass is 14.1. The van der Waals surface area contributed by atoms with E-state index in [0.717, 1.165) is 12.8 Å². The van der Waals surface area contributed by atoms with Crippen LogP contribution in [0.25, 0.3) is 0 Å². The first-order valence-corrected chi connectivity index (χ1v) is 5.79. The van der Waals surface area contributed by atoms with Crippen LogP contribution in [0, 0.1) is 20.8 Å². The molecule has 0 radical (unpaired) electrons. The summed E-state index contributed by atoms with van der Waals surface area (Å²) in [4.78, 5) is 0.